The molecule has 4 nitrogen and oxygen atoms in total. The molecule has 0 saturated heterocycles. The fourth-order valence-corrected chi connectivity index (χ4v) is 0.703. The largest absolute Gasteiger partial charge is 0.310 e. The van der Waals surface area contributed by atoms with Gasteiger partial charge in [0.1, 0.15) is 5.84 Å². The highest BCUT2D eigenvalue weighted by atomic mass is 15.3. The quantitative estimate of drug-likeness (QED) is 0.270. The number of rotatable bonds is 2. The Labute approximate surface area is 67.5 Å². The van der Waals surface area contributed by atoms with E-state index in [0.29, 0.717) is 5.84 Å². The average molecular weight is 156 g/mol. The molecule has 0 rings (SSSR count). The Kier molecular flexibility index (Phi) is 3.74. The number of hydrogen-bond donors (Lipinski definition) is 2. The molecule has 0 atom stereocenters. The summed E-state index contributed by atoms with van der Waals surface area (Å²) in [4.78, 5) is 0. The van der Waals surface area contributed by atoms with Crippen molar-refractivity contribution in [3.8, 4) is 0 Å². The van der Waals surface area contributed by atoms with Gasteiger partial charge in [0.05, 0.1) is 0 Å². The van der Waals surface area contributed by atoms with Gasteiger partial charge in [-0.15, -0.1) is 5.10 Å². The predicted molar refractivity (Wildman–Crippen MR) is 48.4 cm³/mol. The molecule has 0 aromatic heterocycles. The summed E-state index contributed by atoms with van der Waals surface area (Å²) >= 11 is 0. The van der Waals surface area contributed by atoms with Gasteiger partial charge in [0.25, 0.3) is 0 Å². The second-order valence-electron chi connectivity index (χ2n) is 3.57. The van der Waals surface area contributed by atoms with Gasteiger partial charge >= 0.3 is 0 Å². The molecule has 0 aromatic carbocycles. The van der Waals surface area contributed by atoms with E-state index >= 15 is 0 Å². The smallest absolute Gasteiger partial charge is 0.139 e. The third-order valence-electron chi connectivity index (χ3n) is 1.06. The van der Waals surface area contributed by atoms with E-state index < -0.39 is 0 Å². The van der Waals surface area contributed by atoms with E-state index in [1.165, 1.54) is 0 Å². The Hall–Kier alpha value is -0.900. The molecule has 0 aliphatic rings. The van der Waals surface area contributed by atoms with Crippen LogP contribution in [0.3, 0.4) is 0 Å². The lowest BCUT2D eigenvalue weighted by atomic mass is 9.92. The first-order chi connectivity index (χ1) is 4.99. The zero-order chi connectivity index (χ0) is 8.91. The highest BCUT2D eigenvalue weighted by molar-refractivity contribution is 5.82. The van der Waals surface area contributed by atoms with Crippen LogP contribution in [0.2, 0.25) is 0 Å². The predicted octanol–water partition coefficient (Wildman–Crippen LogP) is 0.900. The minimum atomic E-state index is 0.163. The van der Waals surface area contributed by atoms with Crippen LogP contribution in [0.4, 0.5) is 0 Å². The molecular weight excluding hydrogens is 140 g/mol. The Morgan fingerprint density at radius 3 is 2.36 bits per heavy atom. The summed E-state index contributed by atoms with van der Waals surface area (Å²) in [7, 11) is 0. The maximum Gasteiger partial charge on any atom is 0.139 e. The van der Waals surface area contributed by atoms with E-state index in [4.69, 9.17) is 5.84 Å². The monoisotopic (exact) mass is 156 g/mol. The number of hydrazine groups is 1. The van der Waals surface area contributed by atoms with Crippen molar-refractivity contribution in [1.29, 1.82) is 0 Å². The molecule has 3 N–H and O–H groups in total. The Bertz CT molecular complexity index is 154. The first-order valence-corrected chi connectivity index (χ1v) is 3.49. The molecule has 0 radical (unpaired) electrons. The summed E-state index contributed by atoms with van der Waals surface area (Å²) in [6, 6.07) is 0. The van der Waals surface area contributed by atoms with Crippen molar-refractivity contribution in [3.63, 3.8) is 0 Å². The number of hydrogen-bond acceptors (Lipinski definition) is 3. The molecule has 0 aromatic rings. The van der Waals surface area contributed by atoms with Crippen LogP contribution in [-0.2, 0) is 0 Å². The van der Waals surface area contributed by atoms with Gasteiger partial charge in [-0.3, -0.25) is 0 Å². The van der Waals surface area contributed by atoms with E-state index in [0.717, 1.165) is 6.42 Å². The Morgan fingerprint density at radius 1 is 1.55 bits per heavy atom. The summed E-state index contributed by atoms with van der Waals surface area (Å²) in [6.07, 6.45) is 0.766. The van der Waals surface area contributed by atoms with Gasteiger partial charge in [-0.2, -0.15) is 5.10 Å². The van der Waals surface area contributed by atoms with Crippen LogP contribution < -0.4 is 11.3 Å². The van der Waals surface area contributed by atoms with Crippen molar-refractivity contribution in [2.75, 3.05) is 0 Å². The summed E-state index contributed by atoms with van der Waals surface area (Å²) in [6.45, 7) is 9.55. The van der Waals surface area contributed by atoms with Crippen molar-refractivity contribution < 1.29 is 0 Å². The van der Waals surface area contributed by atoms with E-state index in [9.17, 15) is 0 Å². The molecule has 4 heteroatoms. The van der Waals surface area contributed by atoms with Crippen LogP contribution in [0.5, 0.6) is 0 Å². The van der Waals surface area contributed by atoms with E-state index in [-0.39, 0.29) is 5.41 Å². The second kappa shape index (κ2) is 4.08. The van der Waals surface area contributed by atoms with E-state index in [1.807, 2.05) is 0 Å². The molecule has 0 aliphatic carbocycles. The molecule has 0 spiro atoms. The number of nitrogens with one attached hydrogen (secondary N) is 1. The van der Waals surface area contributed by atoms with E-state index in [1.54, 1.807) is 0 Å². The molecule has 0 aliphatic heterocycles. The van der Waals surface area contributed by atoms with Gasteiger partial charge in [-0.05, 0) is 5.41 Å². The van der Waals surface area contributed by atoms with E-state index in [2.05, 4.69) is 43.1 Å². The van der Waals surface area contributed by atoms with Crippen molar-refractivity contribution in [2.45, 2.75) is 27.2 Å². The van der Waals surface area contributed by atoms with Crippen LogP contribution in [0.25, 0.3) is 0 Å². The molecule has 64 valence electrons. The number of nitrogens with zero attached hydrogens (tertiary/aromatic N) is 2. The van der Waals surface area contributed by atoms with Crippen LogP contribution >= 0.6 is 0 Å². The first-order valence-electron chi connectivity index (χ1n) is 3.49. The maximum atomic E-state index is 5.20. The zero-order valence-corrected chi connectivity index (χ0v) is 7.39. The fourth-order valence-electron chi connectivity index (χ4n) is 0.703. The van der Waals surface area contributed by atoms with Gasteiger partial charge in [-0.1, -0.05) is 20.8 Å². The number of amidine groups is 1. The molecule has 0 bridgehead atoms. The minimum absolute atomic E-state index is 0.163. The molecule has 0 heterocycles. The number of nitrogens with two attached hydrogens (primary N) is 1. The molecular formula is C7H16N4. The molecule has 11 heavy (non-hydrogen) atoms. The summed E-state index contributed by atoms with van der Waals surface area (Å²) in [5, 5.41) is 7.11. The van der Waals surface area contributed by atoms with Crippen molar-refractivity contribution in [1.82, 2.24) is 5.43 Å². The minimum Gasteiger partial charge on any atom is -0.310 e. The Balaban J connectivity index is 4.09. The van der Waals surface area contributed by atoms with Gasteiger partial charge < -0.3 is 5.43 Å². The van der Waals surface area contributed by atoms with Gasteiger partial charge in [0, 0.05) is 13.1 Å². The van der Waals surface area contributed by atoms with Crippen LogP contribution in [0, 0.1) is 5.41 Å². The van der Waals surface area contributed by atoms with Gasteiger partial charge in [0.15, 0.2) is 0 Å². The lowest BCUT2D eigenvalue weighted by molar-refractivity contribution is 0.428. The molecule has 0 amide bonds. The molecule has 0 saturated carbocycles. The van der Waals surface area contributed by atoms with Gasteiger partial charge in [0.2, 0.25) is 0 Å². The molecule has 0 fully saturated rings. The standard InChI is InChI=1S/C7H16N4/c1-7(2,3)5-6(10-8)11-9-4/h4-5,8H2,1-3H3,(H,10,11). The lowest BCUT2D eigenvalue weighted by Gasteiger charge is -2.17. The van der Waals surface area contributed by atoms with Crippen molar-refractivity contribution in [2.24, 2.45) is 21.5 Å². The third-order valence-corrected chi connectivity index (χ3v) is 1.06. The highest BCUT2D eigenvalue weighted by Gasteiger charge is 2.13. The SMILES string of the molecule is C=N/N=C(/CC(C)(C)C)NN. The summed E-state index contributed by atoms with van der Waals surface area (Å²) < 4.78 is 0. The zero-order valence-electron chi connectivity index (χ0n) is 7.39. The van der Waals surface area contributed by atoms with Crippen LogP contribution in [0.1, 0.15) is 27.2 Å². The highest BCUT2D eigenvalue weighted by Crippen LogP contribution is 2.18. The third kappa shape index (κ3) is 5.54. The maximum absolute atomic E-state index is 5.20. The average Bonchev–Trinajstić information content (AvgIpc) is 1.84. The van der Waals surface area contributed by atoms with Crippen molar-refractivity contribution in [3.05, 3.63) is 0 Å². The van der Waals surface area contributed by atoms with Crippen LogP contribution in [0.15, 0.2) is 10.2 Å². The first kappa shape index (κ1) is 10.1. The van der Waals surface area contributed by atoms with Gasteiger partial charge in [-0.25, -0.2) is 5.84 Å². The summed E-state index contributed by atoms with van der Waals surface area (Å²) in [5.41, 5.74) is 2.64. The van der Waals surface area contributed by atoms with Crippen LogP contribution in [-0.4, -0.2) is 12.6 Å². The second-order valence-corrected chi connectivity index (χ2v) is 3.57. The van der Waals surface area contributed by atoms with Crippen molar-refractivity contribution >= 4 is 12.6 Å². The normalized spacial score (nSPS) is 12.9. The Morgan fingerprint density at radius 2 is 2.09 bits per heavy atom. The summed E-state index contributed by atoms with van der Waals surface area (Å²) in [5.74, 6) is 5.86. The lowest BCUT2D eigenvalue weighted by Crippen LogP contribution is -2.33. The molecule has 0 unspecified atom stereocenters. The topological polar surface area (TPSA) is 62.8 Å². The fraction of sp³-hybridized carbons (Fsp3) is 0.714.